The van der Waals surface area contributed by atoms with Crippen molar-refractivity contribution in [1.82, 2.24) is 4.90 Å². The molecule has 0 aliphatic carbocycles. The Kier molecular flexibility index (Phi) is 3.62. The van der Waals surface area contributed by atoms with E-state index in [0.717, 1.165) is 4.90 Å². The Morgan fingerprint density at radius 2 is 1.88 bits per heavy atom. The number of hydrogen-bond donors (Lipinski definition) is 2. The van der Waals surface area contributed by atoms with E-state index in [-0.39, 0.29) is 13.0 Å². The predicted molar refractivity (Wildman–Crippen MR) is 63.4 cm³/mol. The van der Waals surface area contributed by atoms with Gasteiger partial charge in [-0.25, -0.2) is 9.59 Å². The Hall–Kier alpha value is -0.970. The summed E-state index contributed by atoms with van der Waals surface area (Å²) >= 11 is 6.27. The van der Waals surface area contributed by atoms with Crippen LogP contribution in [0.3, 0.4) is 0 Å². The lowest BCUT2D eigenvalue weighted by molar-refractivity contribution is -0.150. The maximum absolute atomic E-state index is 11.5. The molecule has 0 spiro atoms. The normalized spacial score (nSPS) is 26.9. The molecule has 2 unspecified atom stereocenters. The zero-order valence-electron chi connectivity index (χ0n) is 10.2. The van der Waals surface area contributed by atoms with Crippen molar-refractivity contribution in [3.8, 4) is 0 Å². The number of carboxylic acid groups (broad SMARTS) is 2. The molecule has 1 aliphatic rings. The van der Waals surface area contributed by atoms with Crippen molar-refractivity contribution in [2.24, 2.45) is 5.41 Å². The standard InChI is InChI=1S/C11H18ClNO4/c1-10(2,3)7(12)11(8(14)15)5-4-6-13(11)9(16)17/h7H,4-6H2,1-3H3,(H,14,15)(H,16,17). The van der Waals surface area contributed by atoms with E-state index < -0.39 is 28.4 Å². The summed E-state index contributed by atoms with van der Waals surface area (Å²) in [5.41, 5.74) is -2.00. The quantitative estimate of drug-likeness (QED) is 0.749. The number of nitrogens with zero attached hydrogens (tertiary/aromatic N) is 1. The van der Waals surface area contributed by atoms with Crippen molar-refractivity contribution in [2.75, 3.05) is 6.54 Å². The predicted octanol–water partition coefficient (Wildman–Crippen LogP) is 2.24. The van der Waals surface area contributed by atoms with Crippen LogP contribution < -0.4 is 0 Å². The second-order valence-corrected chi connectivity index (χ2v) is 5.93. The Morgan fingerprint density at radius 3 is 2.24 bits per heavy atom. The van der Waals surface area contributed by atoms with E-state index in [1.807, 2.05) is 20.8 Å². The van der Waals surface area contributed by atoms with Crippen molar-refractivity contribution in [1.29, 1.82) is 0 Å². The summed E-state index contributed by atoms with van der Waals surface area (Å²) in [5.74, 6) is -1.16. The van der Waals surface area contributed by atoms with Gasteiger partial charge in [-0.05, 0) is 18.3 Å². The van der Waals surface area contributed by atoms with Crippen LogP contribution in [-0.4, -0.2) is 44.6 Å². The molecule has 5 nitrogen and oxygen atoms in total. The van der Waals surface area contributed by atoms with Crippen LogP contribution in [0.25, 0.3) is 0 Å². The van der Waals surface area contributed by atoms with Gasteiger partial charge >= 0.3 is 12.1 Å². The molecule has 0 saturated carbocycles. The highest BCUT2D eigenvalue weighted by atomic mass is 35.5. The van der Waals surface area contributed by atoms with Crippen molar-refractivity contribution in [2.45, 2.75) is 44.5 Å². The molecule has 1 aliphatic heterocycles. The molecule has 1 fully saturated rings. The van der Waals surface area contributed by atoms with Gasteiger partial charge in [0, 0.05) is 6.54 Å². The summed E-state index contributed by atoms with van der Waals surface area (Å²) in [6.07, 6.45) is -0.433. The number of alkyl halides is 1. The van der Waals surface area contributed by atoms with E-state index in [0.29, 0.717) is 6.42 Å². The van der Waals surface area contributed by atoms with E-state index in [1.54, 1.807) is 0 Å². The molecule has 0 aromatic carbocycles. The van der Waals surface area contributed by atoms with Crippen LogP contribution in [0, 0.1) is 5.41 Å². The lowest BCUT2D eigenvalue weighted by Crippen LogP contribution is -2.61. The highest BCUT2D eigenvalue weighted by Gasteiger charge is 2.58. The first-order chi connectivity index (χ1) is 7.64. The smallest absolute Gasteiger partial charge is 0.408 e. The van der Waals surface area contributed by atoms with Crippen LogP contribution in [0.1, 0.15) is 33.6 Å². The lowest BCUT2D eigenvalue weighted by Gasteiger charge is -2.42. The van der Waals surface area contributed by atoms with Crippen molar-refractivity contribution >= 4 is 23.7 Å². The summed E-state index contributed by atoms with van der Waals surface area (Å²) in [6.45, 7) is 5.66. The number of carboxylic acids is 1. The second kappa shape index (κ2) is 4.37. The zero-order chi connectivity index (χ0) is 13.4. The third kappa shape index (κ3) is 2.20. The van der Waals surface area contributed by atoms with E-state index in [2.05, 4.69) is 0 Å². The number of aliphatic carboxylic acids is 1. The maximum atomic E-state index is 11.5. The average molecular weight is 264 g/mol. The molecule has 1 saturated heterocycles. The topological polar surface area (TPSA) is 77.8 Å². The van der Waals surface area contributed by atoms with Crippen LogP contribution >= 0.6 is 11.6 Å². The first kappa shape index (κ1) is 14.1. The molecule has 0 radical (unpaired) electrons. The maximum Gasteiger partial charge on any atom is 0.408 e. The highest BCUT2D eigenvalue weighted by Crippen LogP contribution is 2.43. The number of halogens is 1. The van der Waals surface area contributed by atoms with Gasteiger partial charge in [0.25, 0.3) is 0 Å². The summed E-state index contributed by atoms with van der Waals surface area (Å²) in [6, 6.07) is 0. The van der Waals surface area contributed by atoms with E-state index >= 15 is 0 Å². The average Bonchev–Trinajstić information content (AvgIpc) is 2.59. The van der Waals surface area contributed by atoms with Gasteiger partial charge in [0.2, 0.25) is 0 Å². The lowest BCUT2D eigenvalue weighted by atomic mass is 9.77. The van der Waals surface area contributed by atoms with Crippen LogP contribution in [0.2, 0.25) is 0 Å². The van der Waals surface area contributed by atoms with Crippen LogP contribution in [0.5, 0.6) is 0 Å². The first-order valence-electron chi connectivity index (χ1n) is 5.52. The molecular weight excluding hydrogens is 246 g/mol. The minimum absolute atomic E-state index is 0.223. The molecule has 1 rings (SSSR count). The molecule has 0 bridgehead atoms. The molecule has 0 aromatic rings. The van der Waals surface area contributed by atoms with Crippen molar-refractivity contribution in [3.63, 3.8) is 0 Å². The summed E-state index contributed by atoms with van der Waals surface area (Å²) < 4.78 is 0. The monoisotopic (exact) mass is 263 g/mol. The van der Waals surface area contributed by atoms with Gasteiger partial charge in [0.05, 0.1) is 5.38 Å². The zero-order valence-corrected chi connectivity index (χ0v) is 11.0. The number of carbonyl (C=O) groups is 2. The van der Waals surface area contributed by atoms with E-state index in [9.17, 15) is 14.7 Å². The molecule has 6 heteroatoms. The number of amides is 1. The van der Waals surface area contributed by atoms with Gasteiger partial charge in [-0.15, -0.1) is 11.6 Å². The molecule has 2 atom stereocenters. The number of likely N-dealkylation sites (tertiary alicyclic amines) is 1. The fourth-order valence-corrected chi connectivity index (χ4v) is 2.74. The Bertz CT molecular complexity index is 339. The number of rotatable bonds is 2. The van der Waals surface area contributed by atoms with E-state index in [4.69, 9.17) is 16.7 Å². The third-order valence-electron chi connectivity index (χ3n) is 3.20. The van der Waals surface area contributed by atoms with Crippen LogP contribution in [0.4, 0.5) is 4.79 Å². The Morgan fingerprint density at radius 1 is 1.35 bits per heavy atom. The largest absolute Gasteiger partial charge is 0.479 e. The van der Waals surface area contributed by atoms with Gasteiger partial charge in [0.1, 0.15) is 0 Å². The first-order valence-corrected chi connectivity index (χ1v) is 5.95. The fraction of sp³-hybridized carbons (Fsp3) is 0.818. The summed E-state index contributed by atoms with van der Waals surface area (Å²) in [4.78, 5) is 23.7. The van der Waals surface area contributed by atoms with Crippen LogP contribution in [0.15, 0.2) is 0 Å². The molecule has 2 N–H and O–H groups in total. The van der Waals surface area contributed by atoms with Gasteiger partial charge in [-0.1, -0.05) is 20.8 Å². The minimum Gasteiger partial charge on any atom is -0.479 e. The van der Waals surface area contributed by atoms with Gasteiger partial charge < -0.3 is 10.2 Å². The summed E-state index contributed by atoms with van der Waals surface area (Å²) in [7, 11) is 0. The molecule has 1 heterocycles. The van der Waals surface area contributed by atoms with Gasteiger partial charge in [0.15, 0.2) is 5.54 Å². The van der Waals surface area contributed by atoms with Gasteiger partial charge in [-0.3, -0.25) is 4.90 Å². The molecule has 0 aromatic heterocycles. The SMILES string of the molecule is CC(C)(C)C(Cl)C1(C(=O)O)CCCN1C(=O)O. The minimum atomic E-state index is -1.51. The number of hydrogen-bond acceptors (Lipinski definition) is 2. The van der Waals surface area contributed by atoms with E-state index in [1.165, 1.54) is 0 Å². The molecule has 17 heavy (non-hydrogen) atoms. The third-order valence-corrected chi connectivity index (χ3v) is 4.22. The Balaban J connectivity index is 3.23. The van der Waals surface area contributed by atoms with Crippen LogP contribution in [-0.2, 0) is 4.79 Å². The molecular formula is C11H18ClNO4. The fourth-order valence-electron chi connectivity index (χ4n) is 2.42. The van der Waals surface area contributed by atoms with Gasteiger partial charge in [-0.2, -0.15) is 0 Å². The Labute approximate surface area is 105 Å². The molecule has 1 amide bonds. The summed E-state index contributed by atoms with van der Waals surface area (Å²) in [5, 5.41) is 17.8. The molecule has 98 valence electrons. The van der Waals surface area contributed by atoms with Crippen molar-refractivity contribution in [3.05, 3.63) is 0 Å². The van der Waals surface area contributed by atoms with Crippen molar-refractivity contribution < 1.29 is 19.8 Å². The second-order valence-electron chi connectivity index (χ2n) is 5.50. The highest BCUT2D eigenvalue weighted by molar-refractivity contribution is 6.24.